The van der Waals surface area contributed by atoms with E-state index in [0.29, 0.717) is 6.54 Å². The lowest BCUT2D eigenvalue weighted by molar-refractivity contribution is -0.133. The molecule has 2 fully saturated rings. The number of amides is 1. The van der Waals surface area contributed by atoms with Gasteiger partial charge in [0.1, 0.15) is 6.33 Å². The second-order valence-electron chi connectivity index (χ2n) is 9.61. The van der Waals surface area contributed by atoms with Crippen molar-refractivity contribution in [3.8, 4) is 11.5 Å². The summed E-state index contributed by atoms with van der Waals surface area (Å²) in [7, 11) is 1.69. The topological polar surface area (TPSA) is 67.8 Å². The van der Waals surface area contributed by atoms with Gasteiger partial charge < -0.3 is 19.3 Å². The second kappa shape index (κ2) is 11.4. The van der Waals surface area contributed by atoms with Crippen molar-refractivity contribution in [2.24, 2.45) is 0 Å². The van der Waals surface area contributed by atoms with E-state index in [0.717, 1.165) is 55.2 Å². The molecule has 1 atom stereocenters. The molecule has 1 saturated carbocycles. The van der Waals surface area contributed by atoms with Crippen LogP contribution in [0.1, 0.15) is 36.9 Å². The number of piperazine rings is 1. The summed E-state index contributed by atoms with van der Waals surface area (Å²) >= 11 is 0. The van der Waals surface area contributed by atoms with Crippen molar-refractivity contribution < 1.29 is 14.3 Å². The van der Waals surface area contributed by atoms with Gasteiger partial charge in [-0.25, -0.2) is 9.97 Å². The summed E-state index contributed by atoms with van der Waals surface area (Å²) in [5, 5.41) is 0. The molecule has 1 amide bonds. The fourth-order valence-corrected chi connectivity index (χ4v) is 5.30. The van der Waals surface area contributed by atoms with Crippen LogP contribution in [0.4, 0.5) is 5.69 Å². The molecule has 2 aliphatic rings. The zero-order chi connectivity index (χ0) is 24.7. The molecule has 2 heterocycles. The minimum atomic E-state index is 0.0526. The van der Waals surface area contributed by atoms with Gasteiger partial charge in [-0.15, -0.1) is 0 Å². The second-order valence-corrected chi connectivity index (χ2v) is 9.61. The molecule has 7 heteroatoms. The maximum atomic E-state index is 13.4. The molecule has 7 nitrogen and oxygen atoms in total. The summed E-state index contributed by atoms with van der Waals surface area (Å²) in [5.41, 5.74) is 3.08. The number of hydrogen-bond acceptors (Lipinski definition) is 6. The lowest BCUT2D eigenvalue weighted by Crippen LogP contribution is -2.56. The Hall–Kier alpha value is -3.61. The van der Waals surface area contributed by atoms with Crippen LogP contribution in [0, 0.1) is 0 Å². The third-order valence-electron chi connectivity index (χ3n) is 7.20. The maximum Gasteiger partial charge on any atom is 0.228 e. The van der Waals surface area contributed by atoms with E-state index in [1.165, 1.54) is 24.7 Å². The first-order chi connectivity index (χ1) is 17.7. The molecule has 0 spiro atoms. The Morgan fingerprint density at radius 2 is 1.86 bits per heavy atom. The van der Waals surface area contributed by atoms with Crippen LogP contribution in [0.5, 0.6) is 11.5 Å². The number of rotatable bonds is 8. The lowest BCUT2D eigenvalue weighted by Gasteiger charge is -2.43. The molecule has 2 aromatic carbocycles. The molecule has 1 saturated heterocycles. The minimum Gasteiger partial charge on any atom is -0.493 e. The number of benzene rings is 2. The molecule has 0 radical (unpaired) electrons. The van der Waals surface area contributed by atoms with E-state index in [-0.39, 0.29) is 24.5 Å². The van der Waals surface area contributed by atoms with E-state index in [9.17, 15) is 4.79 Å². The third-order valence-corrected chi connectivity index (χ3v) is 7.20. The van der Waals surface area contributed by atoms with Gasteiger partial charge in [0.25, 0.3) is 0 Å². The fourth-order valence-electron chi connectivity index (χ4n) is 5.30. The predicted molar refractivity (Wildman–Crippen MR) is 139 cm³/mol. The highest BCUT2D eigenvalue weighted by atomic mass is 16.5. The molecule has 5 rings (SSSR count). The molecule has 0 bridgehead atoms. The lowest BCUT2D eigenvalue weighted by atomic mass is 10.0. The highest BCUT2D eigenvalue weighted by Crippen LogP contribution is 2.36. The minimum absolute atomic E-state index is 0.0526. The van der Waals surface area contributed by atoms with Crippen molar-refractivity contribution in [1.82, 2.24) is 14.9 Å². The van der Waals surface area contributed by atoms with Gasteiger partial charge in [-0.2, -0.15) is 0 Å². The van der Waals surface area contributed by atoms with Gasteiger partial charge in [-0.1, -0.05) is 30.3 Å². The van der Waals surface area contributed by atoms with Gasteiger partial charge in [0.05, 0.1) is 31.4 Å². The van der Waals surface area contributed by atoms with E-state index in [2.05, 4.69) is 51.3 Å². The summed E-state index contributed by atoms with van der Waals surface area (Å²) in [4.78, 5) is 26.0. The van der Waals surface area contributed by atoms with Crippen LogP contribution in [0.3, 0.4) is 0 Å². The summed E-state index contributed by atoms with van der Waals surface area (Å²) in [6.07, 6.45) is 9.17. The van der Waals surface area contributed by atoms with Crippen molar-refractivity contribution in [2.45, 2.75) is 50.7 Å². The molecular formula is C29H34N4O3. The highest BCUT2D eigenvalue weighted by Gasteiger charge is 2.31. The van der Waals surface area contributed by atoms with E-state index in [1.807, 2.05) is 23.1 Å². The number of hydrogen-bond donors (Lipinski definition) is 0. The number of carbonyl (C=O) groups excluding carboxylic acids is 1. The molecule has 1 unspecified atom stereocenters. The van der Waals surface area contributed by atoms with Crippen LogP contribution in [0.25, 0.3) is 0 Å². The SMILES string of the molecule is COc1ccc(N2CCN(C(=O)Cc3ccncn3)C(Cc3ccccc3)C2)cc1OC1CCCC1. The van der Waals surface area contributed by atoms with Crippen LogP contribution < -0.4 is 14.4 Å². The Kier molecular flexibility index (Phi) is 7.64. The highest BCUT2D eigenvalue weighted by molar-refractivity contribution is 5.79. The van der Waals surface area contributed by atoms with E-state index < -0.39 is 0 Å². The summed E-state index contributed by atoms with van der Waals surface area (Å²) in [6.45, 7) is 2.17. The Morgan fingerprint density at radius 3 is 2.61 bits per heavy atom. The summed E-state index contributed by atoms with van der Waals surface area (Å²) in [6, 6.07) is 18.5. The Bertz CT molecular complexity index is 1140. The van der Waals surface area contributed by atoms with Crippen LogP contribution in [0.15, 0.2) is 67.1 Å². The molecule has 1 aliphatic heterocycles. The van der Waals surface area contributed by atoms with E-state index in [4.69, 9.17) is 9.47 Å². The van der Waals surface area contributed by atoms with Crippen LogP contribution in [-0.4, -0.2) is 59.7 Å². The van der Waals surface area contributed by atoms with Gasteiger partial charge >= 0.3 is 0 Å². The quantitative estimate of drug-likeness (QED) is 0.473. The fraction of sp³-hybridized carbons (Fsp3) is 0.414. The number of anilines is 1. The first-order valence-electron chi connectivity index (χ1n) is 12.9. The van der Waals surface area contributed by atoms with E-state index >= 15 is 0 Å². The van der Waals surface area contributed by atoms with Crippen LogP contribution in [0.2, 0.25) is 0 Å². The average Bonchev–Trinajstić information content (AvgIpc) is 3.43. The maximum absolute atomic E-state index is 13.4. The Morgan fingerprint density at radius 1 is 1.03 bits per heavy atom. The summed E-state index contributed by atoms with van der Waals surface area (Å²) < 4.78 is 11.9. The smallest absolute Gasteiger partial charge is 0.228 e. The normalized spacial score (nSPS) is 18.3. The van der Waals surface area contributed by atoms with Crippen molar-refractivity contribution in [3.05, 3.63) is 78.4 Å². The van der Waals surface area contributed by atoms with Gasteiger partial charge in [-0.3, -0.25) is 4.79 Å². The average molecular weight is 487 g/mol. The number of carbonyl (C=O) groups is 1. The van der Waals surface area contributed by atoms with Gasteiger partial charge in [0.15, 0.2) is 11.5 Å². The van der Waals surface area contributed by atoms with Crippen molar-refractivity contribution in [3.63, 3.8) is 0 Å². The Labute approximate surface area is 213 Å². The zero-order valence-corrected chi connectivity index (χ0v) is 20.9. The first kappa shape index (κ1) is 24.1. The molecule has 188 valence electrons. The van der Waals surface area contributed by atoms with Crippen molar-refractivity contribution in [1.29, 1.82) is 0 Å². The van der Waals surface area contributed by atoms with Crippen LogP contribution in [-0.2, 0) is 17.6 Å². The number of nitrogens with zero attached hydrogens (tertiary/aromatic N) is 4. The number of aromatic nitrogens is 2. The summed E-state index contributed by atoms with van der Waals surface area (Å²) in [5.74, 6) is 1.68. The number of methoxy groups -OCH3 is 1. The predicted octanol–water partition coefficient (Wildman–Crippen LogP) is 4.31. The van der Waals surface area contributed by atoms with Crippen molar-refractivity contribution in [2.75, 3.05) is 31.6 Å². The first-order valence-corrected chi connectivity index (χ1v) is 12.9. The Balaban J connectivity index is 1.35. The van der Waals surface area contributed by atoms with E-state index in [1.54, 1.807) is 13.3 Å². The molecule has 1 aliphatic carbocycles. The monoisotopic (exact) mass is 486 g/mol. The zero-order valence-electron chi connectivity index (χ0n) is 20.9. The third kappa shape index (κ3) is 5.78. The van der Waals surface area contributed by atoms with Gasteiger partial charge in [-0.05, 0) is 55.9 Å². The molecule has 3 aromatic rings. The van der Waals surface area contributed by atoms with Crippen molar-refractivity contribution >= 4 is 11.6 Å². The molecule has 36 heavy (non-hydrogen) atoms. The standard InChI is InChI=1S/C29H34N4O3/c1-35-27-12-11-24(19-28(27)36-26-9-5-6-10-26)32-15-16-33(29(34)18-23-13-14-30-21-31-23)25(20-32)17-22-7-3-2-4-8-22/h2-4,7-8,11-14,19,21,25-26H,5-6,9-10,15-18,20H2,1H3. The molecular weight excluding hydrogens is 452 g/mol. The molecule has 0 N–H and O–H groups in total. The number of ether oxygens (including phenoxy) is 2. The van der Waals surface area contributed by atoms with Gasteiger partial charge in [0.2, 0.25) is 5.91 Å². The molecule has 1 aromatic heterocycles. The van der Waals surface area contributed by atoms with Crippen LogP contribution >= 0.6 is 0 Å². The van der Waals surface area contributed by atoms with Gasteiger partial charge in [0, 0.05) is 37.6 Å². The largest absolute Gasteiger partial charge is 0.493 e.